The Hall–Kier alpha value is -2.36. The van der Waals surface area contributed by atoms with Crippen molar-refractivity contribution in [3.05, 3.63) is 63.6 Å². The van der Waals surface area contributed by atoms with E-state index in [-0.39, 0.29) is 11.2 Å². The average molecular weight is 253 g/mol. The van der Waals surface area contributed by atoms with E-state index in [2.05, 4.69) is 9.98 Å². The Morgan fingerprint density at radius 1 is 1.21 bits per heavy atom. The topological polar surface area (TPSA) is 71.2 Å². The molecular weight excluding hydrogens is 238 g/mol. The van der Waals surface area contributed by atoms with Crippen molar-refractivity contribution in [2.75, 3.05) is 12.3 Å². The van der Waals surface area contributed by atoms with Gasteiger partial charge in [0.1, 0.15) is 0 Å². The van der Waals surface area contributed by atoms with Gasteiger partial charge in [0.05, 0.1) is 11.4 Å². The monoisotopic (exact) mass is 253 g/mol. The molecule has 0 saturated carbocycles. The number of fused-ring (bicyclic) bond motifs is 1. The van der Waals surface area contributed by atoms with Crippen molar-refractivity contribution in [2.45, 2.75) is 12.8 Å². The van der Waals surface area contributed by atoms with Gasteiger partial charge in [0, 0.05) is 23.4 Å². The maximum atomic E-state index is 11.6. The van der Waals surface area contributed by atoms with Gasteiger partial charge in [0.2, 0.25) is 0 Å². The smallest absolute Gasteiger partial charge is 0.271 e. The Balaban J connectivity index is 2.21. The number of aliphatic imine (C=N–C) groups is 1. The van der Waals surface area contributed by atoms with E-state index < -0.39 is 0 Å². The number of aromatic amines is 1. The fourth-order valence-corrected chi connectivity index (χ4v) is 2.37. The summed E-state index contributed by atoms with van der Waals surface area (Å²) in [6.07, 6.45) is 1.76. The van der Waals surface area contributed by atoms with Crippen LogP contribution in [0.2, 0.25) is 0 Å². The van der Waals surface area contributed by atoms with Crippen LogP contribution in [0.1, 0.15) is 23.2 Å². The van der Waals surface area contributed by atoms with E-state index in [1.807, 2.05) is 30.3 Å². The zero-order valence-electron chi connectivity index (χ0n) is 10.5. The molecule has 96 valence electrons. The SMILES string of the molecule is Nc1cc2c([nH]c1=O)CCCN=C2c1ccccc1. The van der Waals surface area contributed by atoms with Crippen molar-refractivity contribution in [1.82, 2.24) is 4.98 Å². The summed E-state index contributed by atoms with van der Waals surface area (Å²) in [5.74, 6) is 0. The van der Waals surface area contributed by atoms with Crippen molar-refractivity contribution in [2.24, 2.45) is 4.99 Å². The fraction of sp³-hybridized carbons (Fsp3) is 0.200. The average Bonchev–Trinajstić information content (AvgIpc) is 2.63. The van der Waals surface area contributed by atoms with Gasteiger partial charge in [-0.2, -0.15) is 0 Å². The summed E-state index contributed by atoms with van der Waals surface area (Å²) in [7, 11) is 0. The van der Waals surface area contributed by atoms with E-state index in [1.54, 1.807) is 6.07 Å². The van der Waals surface area contributed by atoms with Crippen LogP contribution in [0.15, 0.2) is 46.2 Å². The first kappa shape index (κ1) is 11.7. The van der Waals surface area contributed by atoms with Gasteiger partial charge < -0.3 is 10.7 Å². The van der Waals surface area contributed by atoms with E-state index in [4.69, 9.17) is 5.73 Å². The Bertz CT molecular complexity index is 686. The van der Waals surface area contributed by atoms with Crippen LogP contribution in [0.4, 0.5) is 5.69 Å². The lowest BCUT2D eigenvalue weighted by molar-refractivity contribution is 0.820. The third kappa shape index (κ3) is 2.17. The van der Waals surface area contributed by atoms with Crippen LogP contribution in [0.5, 0.6) is 0 Å². The quantitative estimate of drug-likeness (QED) is 0.812. The molecule has 3 N–H and O–H groups in total. The van der Waals surface area contributed by atoms with Crippen LogP contribution in [0, 0.1) is 0 Å². The predicted octanol–water partition coefficient (Wildman–Crippen LogP) is 1.74. The van der Waals surface area contributed by atoms with Gasteiger partial charge in [-0.15, -0.1) is 0 Å². The molecule has 0 bridgehead atoms. The second kappa shape index (κ2) is 4.72. The lowest BCUT2D eigenvalue weighted by Gasteiger charge is -2.10. The minimum absolute atomic E-state index is 0.215. The van der Waals surface area contributed by atoms with Crippen molar-refractivity contribution in [3.8, 4) is 0 Å². The standard InChI is InChI=1S/C15H15N3O/c16-12-9-11-13(18-15(12)19)7-4-8-17-14(11)10-5-2-1-3-6-10/h1-3,5-6,9H,4,7-8,16H2,(H,18,19). The third-order valence-corrected chi connectivity index (χ3v) is 3.31. The maximum absolute atomic E-state index is 11.6. The number of aryl methyl sites for hydroxylation is 1. The highest BCUT2D eigenvalue weighted by atomic mass is 16.1. The van der Waals surface area contributed by atoms with Gasteiger partial charge in [-0.1, -0.05) is 30.3 Å². The first-order valence-corrected chi connectivity index (χ1v) is 6.37. The lowest BCUT2D eigenvalue weighted by atomic mass is 9.99. The largest absolute Gasteiger partial charge is 0.394 e. The summed E-state index contributed by atoms with van der Waals surface area (Å²) in [5, 5.41) is 0. The van der Waals surface area contributed by atoms with Crippen molar-refractivity contribution < 1.29 is 0 Å². The molecule has 2 aromatic rings. The van der Waals surface area contributed by atoms with E-state index in [9.17, 15) is 4.79 Å². The number of aromatic nitrogens is 1. The van der Waals surface area contributed by atoms with Gasteiger partial charge in [-0.3, -0.25) is 9.79 Å². The molecule has 0 saturated heterocycles. The molecule has 0 spiro atoms. The minimum Gasteiger partial charge on any atom is -0.394 e. The molecule has 1 aromatic heterocycles. The Kier molecular flexibility index (Phi) is 2.91. The predicted molar refractivity (Wildman–Crippen MR) is 76.7 cm³/mol. The van der Waals surface area contributed by atoms with Crippen LogP contribution < -0.4 is 11.3 Å². The molecule has 2 heterocycles. The normalized spacial score (nSPS) is 14.4. The highest BCUT2D eigenvalue weighted by Crippen LogP contribution is 2.19. The first-order valence-electron chi connectivity index (χ1n) is 6.37. The molecule has 0 aliphatic carbocycles. The van der Waals surface area contributed by atoms with Crippen LogP contribution in [-0.4, -0.2) is 17.2 Å². The molecule has 19 heavy (non-hydrogen) atoms. The van der Waals surface area contributed by atoms with E-state index >= 15 is 0 Å². The van der Waals surface area contributed by atoms with Gasteiger partial charge in [0.25, 0.3) is 5.56 Å². The molecule has 1 aliphatic rings. The molecule has 0 radical (unpaired) electrons. The lowest BCUT2D eigenvalue weighted by Crippen LogP contribution is -2.18. The number of hydrogen-bond donors (Lipinski definition) is 2. The van der Waals surface area contributed by atoms with Crippen molar-refractivity contribution in [1.29, 1.82) is 0 Å². The molecule has 1 aliphatic heterocycles. The zero-order valence-corrected chi connectivity index (χ0v) is 10.5. The second-order valence-electron chi connectivity index (χ2n) is 4.65. The number of nitrogen functional groups attached to an aromatic ring is 1. The van der Waals surface area contributed by atoms with Crippen molar-refractivity contribution >= 4 is 11.4 Å². The van der Waals surface area contributed by atoms with Crippen molar-refractivity contribution in [3.63, 3.8) is 0 Å². The summed E-state index contributed by atoms with van der Waals surface area (Å²) >= 11 is 0. The number of nitrogens with zero attached hydrogens (tertiary/aromatic N) is 1. The Morgan fingerprint density at radius 3 is 2.79 bits per heavy atom. The van der Waals surface area contributed by atoms with E-state index in [1.165, 1.54) is 0 Å². The molecule has 0 atom stereocenters. The van der Waals surface area contributed by atoms with Gasteiger partial charge in [0.15, 0.2) is 0 Å². The molecule has 1 aromatic carbocycles. The van der Waals surface area contributed by atoms with E-state index in [0.717, 1.165) is 41.9 Å². The highest BCUT2D eigenvalue weighted by Gasteiger charge is 2.16. The van der Waals surface area contributed by atoms with Crippen LogP contribution in [-0.2, 0) is 6.42 Å². The number of nitrogens with one attached hydrogen (secondary N) is 1. The molecular formula is C15H15N3O. The van der Waals surface area contributed by atoms with Gasteiger partial charge in [-0.05, 0) is 18.9 Å². The molecule has 3 rings (SSSR count). The molecule has 4 nitrogen and oxygen atoms in total. The number of rotatable bonds is 1. The molecule has 4 heteroatoms. The molecule has 0 fully saturated rings. The number of hydrogen-bond acceptors (Lipinski definition) is 3. The van der Waals surface area contributed by atoms with Gasteiger partial charge in [-0.25, -0.2) is 0 Å². The summed E-state index contributed by atoms with van der Waals surface area (Å²) < 4.78 is 0. The number of H-pyrrole nitrogens is 1. The van der Waals surface area contributed by atoms with E-state index in [0.29, 0.717) is 0 Å². The number of nitrogens with two attached hydrogens (primary N) is 1. The third-order valence-electron chi connectivity index (χ3n) is 3.31. The summed E-state index contributed by atoms with van der Waals surface area (Å²) in [4.78, 5) is 19.1. The zero-order chi connectivity index (χ0) is 13.2. The number of anilines is 1. The minimum atomic E-state index is -0.215. The second-order valence-corrected chi connectivity index (χ2v) is 4.65. The van der Waals surface area contributed by atoms with Crippen LogP contribution in [0.25, 0.3) is 0 Å². The fourth-order valence-electron chi connectivity index (χ4n) is 2.37. The maximum Gasteiger partial charge on any atom is 0.271 e. The molecule has 0 unspecified atom stereocenters. The molecule has 0 amide bonds. The first-order chi connectivity index (χ1) is 9.25. The number of pyridine rings is 1. The summed E-state index contributed by atoms with van der Waals surface area (Å²) in [6, 6.07) is 11.7. The Morgan fingerprint density at radius 2 is 2.00 bits per heavy atom. The number of benzene rings is 1. The Labute approximate surface area is 111 Å². The highest BCUT2D eigenvalue weighted by molar-refractivity contribution is 6.14. The summed E-state index contributed by atoms with van der Waals surface area (Å²) in [5.41, 5.74) is 9.60. The van der Waals surface area contributed by atoms with Crippen LogP contribution in [0.3, 0.4) is 0 Å². The van der Waals surface area contributed by atoms with Gasteiger partial charge >= 0.3 is 0 Å². The van der Waals surface area contributed by atoms with Crippen LogP contribution >= 0.6 is 0 Å². The summed E-state index contributed by atoms with van der Waals surface area (Å²) in [6.45, 7) is 0.765.